The van der Waals surface area contributed by atoms with Gasteiger partial charge in [-0.05, 0) is 6.92 Å². The summed E-state index contributed by atoms with van der Waals surface area (Å²) in [5.74, 6) is -3.20. The van der Waals surface area contributed by atoms with E-state index in [1.807, 2.05) is 0 Å². The maximum absolute atomic E-state index is 12.1. The molecular weight excluding hydrogens is 191 g/mol. The molecule has 0 heterocycles. The molecule has 0 aliphatic carbocycles. The molecule has 0 aromatic carbocycles. The van der Waals surface area contributed by atoms with Crippen LogP contribution in [0.4, 0.5) is 13.2 Å². The Morgan fingerprint density at radius 1 is 1.31 bits per heavy atom. The van der Waals surface area contributed by atoms with Gasteiger partial charge >= 0.3 is 12.1 Å². The van der Waals surface area contributed by atoms with E-state index < -0.39 is 23.6 Å². The highest BCUT2D eigenvalue weighted by Crippen LogP contribution is 2.30. The minimum atomic E-state index is -5.02. The fourth-order valence-electron chi connectivity index (χ4n) is 0.598. The van der Waals surface area contributed by atoms with E-state index in [0.717, 1.165) is 6.92 Å². The average Bonchev–Trinajstić information content (AvgIpc) is 1.82. The Hall–Kier alpha value is -1.27. The largest absolute Gasteiger partial charge is 0.479 e. The zero-order chi connectivity index (χ0) is 10.9. The summed E-state index contributed by atoms with van der Waals surface area (Å²) in [6.45, 7) is 1.20. The van der Waals surface area contributed by atoms with Gasteiger partial charge in [-0.15, -0.1) is 0 Å². The number of carbonyl (C=O) groups is 2. The Morgan fingerprint density at radius 2 is 1.69 bits per heavy atom. The summed E-state index contributed by atoms with van der Waals surface area (Å²) in [6, 6.07) is 0. The van der Waals surface area contributed by atoms with Crippen LogP contribution in [-0.4, -0.2) is 28.7 Å². The lowest BCUT2D eigenvalue weighted by molar-refractivity contribution is -0.206. The number of carbonyl (C=O) groups excluding carboxylic acids is 1. The molecule has 7 heteroatoms. The highest BCUT2D eigenvalue weighted by molar-refractivity contribution is 5.86. The van der Waals surface area contributed by atoms with E-state index in [2.05, 4.69) is 0 Å². The predicted octanol–water partition coefficient (Wildman–Crippen LogP) is 0.528. The number of aliphatic carboxylic acids is 1. The summed E-state index contributed by atoms with van der Waals surface area (Å²) in [6.07, 6.45) is -5.02. The number of hydrogen-bond acceptors (Lipinski definition) is 2. The van der Waals surface area contributed by atoms with Crippen molar-refractivity contribution in [3.8, 4) is 0 Å². The summed E-state index contributed by atoms with van der Waals surface area (Å²) in [5, 5.41) is 9.61. The molecule has 0 saturated carbocycles. The van der Waals surface area contributed by atoms with Gasteiger partial charge in [0.25, 0.3) is 0 Å². The molecule has 0 aromatic heterocycles. The molecule has 0 aliphatic heterocycles. The van der Waals surface area contributed by atoms with Crippen LogP contribution >= 0.6 is 0 Å². The highest BCUT2D eigenvalue weighted by atomic mass is 19.4. The number of rotatable bonds is 2. The van der Waals surface area contributed by atoms with E-state index in [4.69, 9.17) is 5.11 Å². The van der Waals surface area contributed by atoms with Crippen molar-refractivity contribution >= 4 is 11.9 Å². The maximum Gasteiger partial charge on any atom is 0.422 e. The third-order valence-corrected chi connectivity index (χ3v) is 1.42. The van der Waals surface area contributed by atoms with Gasteiger partial charge in [0.1, 0.15) is 0 Å². The number of nitrogens with one attached hydrogen (secondary N) is 1. The standard InChI is InChI=1S/C6H8F3NO3/c1-3(11)10-5(2,4(12)13)6(7,8)9/h1-2H3,(H,10,11)(H,12,13)/t5-/m1/s1. The lowest BCUT2D eigenvalue weighted by Crippen LogP contribution is -2.61. The number of carboxylic acids is 1. The van der Waals surface area contributed by atoms with Gasteiger partial charge in [0, 0.05) is 6.92 Å². The van der Waals surface area contributed by atoms with E-state index in [9.17, 15) is 22.8 Å². The van der Waals surface area contributed by atoms with Crippen molar-refractivity contribution in [2.45, 2.75) is 25.6 Å². The van der Waals surface area contributed by atoms with Gasteiger partial charge in [-0.3, -0.25) is 4.79 Å². The van der Waals surface area contributed by atoms with Crippen LogP contribution < -0.4 is 5.32 Å². The van der Waals surface area contributed by atoms with Crippen molar-refractivity contribution in [3.05, 3.63) is 0 Å². The Kier molecular flexibility index (Phi) is 2.92. The van der Waals surface area contributed by atoms with E-state index >= 15 is 0 Å². The van der Waals surface area contributed by atoms with Gasteiger partial charge < -0.3 is 10.4 Å². The van der Waals surface area contributed by atoms with Crippen LogP contribution in [0.1, 0.15) is 13.8 Å². The third kappa shape index (κ3) is 2.33. The zero-order valence-corrected chi connectivity index (χ0v) is 6.90. The molecule has 76 valence electrons. The number of alkyl halides is 3. The van der Waals surface area contributed by atoms with E-state index in [-0.39, 0.29) is 0 Å². The molecular formula is C6H8F3NO3. The molecule has 0 fully saturated rings. The SMILES string of the molecule is CC(=O)N[C@](C)(C(=O)O)C(F)(F)F. The molecule has 0 bridgehead atoms. The molecule has 1 atom stereocenters. The molecule has 2 N–H and O–H groups in total. The fraction of sp³-hybridized carbons (Fsp3) is 0.667. The number of amides is 1. The molecule has 0 aromatic rings. The minimum absolute atomic E-state index is 0.386. The first-order chi connectivity index (χ1) is 5.61. The van der Waals surface area contributed by atoms with Crippen LogP contribution in [0.5, 0.6) is 0 Å². The summed E-state index contributed by atoms with van der Waals surface area (Å²) >= 11 is 0. The van der Waals surface area contributed by atoms with Gasteiger partial charge in [-0.2, -0.15) is 13.2 Å². The van der Waals surface area contributed by atoms with Crippen molar-refractivity contribution in [1.29, 1.82) is 0 Å². The maximum atomic E-state index is 12.1. The molecule has 4 nitrogen and oxygen atoms in total. The van der Waals surface area contributed by atoms with Crippen LogP contribution in [0, 0.1) is 0 Å². The van der Waals surface area contributed by atoms with Crippen molar-refractivity contribution in [1.82, 2.24) is 5.32 Å². The second-order valence-electron chi connectivity index (χ2n) is 2.61. The summed E-state index contributed by atoms with van der Waals surface area (Å²) in [5.41, 5.74) is -3.22. The van der Waals surface area contributed by atoms with Crippen molar-refractivity contribution in [3.63, 3.8) is 0 Å². The van der Waals surface area contributed by atoms with E-state index in [0.29, 0.717) is 6.92 Å². The van der Waals surface area contributed by atoms with E-state index in [1.54, 1.807) is 0 Å². The summed E-state index contributed by atoms with van der Waals surface area (Å²) in [7, 11) is 0. The first-order valence-corrected chi connectivity index (χ1v) is 3.20. The van der Waals surface area contributed by atoms with Crippen molar-refractivity contribution < 1.29 is 27.9 Å². The molecule has 0 spiro atoms. The van der Waals surface area contributed by atoms with Crippen LogP contribution in [0.15, 0.2) is 0 Å². The lowest BCUT2D eigenvalue weighted by Gasteiger charge is -2.27. The quantitative estimate of drug-likeness (QED) is 0.681. The molecule has 1 amide bonds. The van der Waals surface area contributed by atoms with Gasteiger partial charge in [-0.1, -0.05) is 0 Å². The first kappa shape index (κ1) is 11.7. The second kappa shape index (κ2) is 3.23. The average molecular weight is 199 g/mol. The number of hydrogen-bond donors (Lipinski definition) is 2. The molecule has 0 radical (unpaired) electrons. The molecule has 0 rings (SSSR count). The second-order valence-corrected chi connectivity index (χ2v) is 2.61. The van der Waals surface area contributed by atoms with Gasteiger partial charge in [-0.25, -0.2) is 4.79 Å². The Balaban J connectivity index is 4.96. The zero-order valence-electron chi connectivity index (χ0n) is 6.90. The van der Waals surface area contributed by atoms with Gasteiger partial charge in [0.2, 0.25) is 11.4 Å². The highest BCUT2D eigenvalue weighted by Gasteiger charge is 2.58. The number of carboxylic acid groups (broad SMARTS) is 1. The van der Waals surface area contributed by atoms with Gasteiger partial charge in [0.05, 0.1) is 0 Å². The van der Waals surface area contributed by atoms with Crippen LogP contribution in [0.3, 0.4) is 0 Å². The Labute approximate surface area is 71.7 Å². The monoisotopic (exact) mass is 199 g/mol. The molecule has 13 heavy (non-hydrogen) atoms. The lowest BCUT2D eigenvalue weighted by atomic mass is 10.0. The minimum Gasteiger partial charge on any atom is -0.479 e. The van der Waals surface area contributed by atoms with Crippen molar-refractivity contribution in [2.75, 3.05) is 0 Å². The molecule has 0 unspecified atom stereocenters. The Morgan fingerprint density at radius 3 is 1.77 bits per heavy atom. The normalized spacial score (nSPS) is 16.1. The van der Waals surface area contributed by atoms with Crippen molar-refractivity contribution in [2.24, 2.45) is 0 Å². The fourth-order valence-corrected chi connectivity index (χ4v) is 0.598. The summed E-state index contributed by atoms with van der Waals surface area (Å²) in [4.78, 5) is 20.6. The van der Waals surface area contributed by atoms with E-state index in [1.165, 1.54) is 5.32 Å². The van der Waals surface area contributed by atoms with Gasteiger partial charge in [0.15, 0.2) is 0 Å². The predicted molar refractivity (Wildman–Crippen MR) is 35.9 cm³/mol. The van der Waals surface area contributed by atoms with Crippen LogP contribution in [-0.2, 0) is 9.59 Å². The summed E-state index contributed by atoms with van der Waals surface area (Å²) < 4.78 is 36.4. The van der Waals surface area contributed by atoms with Crippen LogP contribution in [0.25, 0.3) is 0 Å². The third-order valence-electron chi connectivity index (χ3n) is 1.42. The smallest absolute Gasteiger partial charge is 0.422 e. The first-order valence-electron chi connectivity index (χ1n) is 3.20. The Bertz CT molecular complexity index is 238. The topological polar surface area (TPSA) is 66.4 Å². The molecule has 0 aliphatic rings. The van der Waals surface area contributed by atoms with Crippen LogP contribution in [0.2, 0.25) is 0 Å². The molecule has 0 saturated heterocycles. The number of halogens is 3.